The summed E-state index contributed by atoms with van der Waals surface area (Å²) in [4.78, 5) is 12.9. The Kier molecular flexibility index (Phi) is 5.40. The van der Waals surface area contributed by atoms with Crippen molar-refractivity contribution >= 4 is 5.78 Å². The Labute approximate surface area is 201 Å². The fourth-order valence-corrected chi connectivity index (χ4v) is 11.4. The molecular formula is C30H48O3. The first-order valence-corrected chi connectivity index (χ1v) is 13.8. The first-order chi connectivity index (χ1) is 15.4. The van der Waals surface area contributed by atoms with Crippen molar-refractivity contribution in [2.75, 3.05) is 13.2 Å². The Morgan fingerprint density at radius 2 is 1.61 bits per heavy atom. The number of Topliss-reactive ketones (excluding diaryl/α,β-unsaturated/α-hetero) is 1. The largest absolute Gasteiger partial charge is 0.396 e. The lowest BCUT2D eigenvalue weighted by molar-refractivity contribution is -0.236. The quantitative estimate of drug-likeness (QED) is 0.499. The van der Waals surface area contributed by atoms with E-state index in [1.807, 2.05) is 0 Å². The van der Waals surface area contributed by atoms with E-state index in [2.05, 4.69) is 41.2 Å². The summed E-state index contributed by atoms with van der Waals surface area (Å²) in [6.45, 7) is 16.9. The van der Waals surface area contributed by atoms with Gasteiger partial charge in [-0.1, -0.05) is 41.2 Å². The van der Waals surface area contributed by atoms with Gasteiger partial charge in [0.1, 0.15) is 5.78 Å². The number of carbonyl (C=O) groups is 1. The Morgan fingerprint density at radius 3 is 2.27 bits per heavy atom. The number of hydrogen-bond donors (Lipinski definition) is 2. The Balaban J connectivity index is 1.55. The summed E-state index contributed by atoms with van der Waals surface area (Å²) in [6, 6.07) is 0. The third-order valence-corrected chi connectivity index (χ3v) is 13.4. The molecular weight excluding hydrogens is 408 g/mol. The van der Waals surface area contributed by atoms with Gasteiger partial charge in [-0.15, -0.1) is 0 Å². The number of carbonyl (C=O) groups excluding carboxylic acids is 1. The lowest BCUT2D eigenvalue weighted by atomic mass is 9.32. The molecule has 0 aliphatic heterocycles. The summed E-state index contributed by atoms with van der Waals surface area (Å²) >= 11 is 0. The highest BCUT2D eigenvalue weighted by atomic mass is 16.3. The first kappa shape index (κ1) is 24.0. The van der Waals surface area contributed by atoms with Crippen LogP contribution in [-0.4, -0.2) is 29.2 Å². The number of ketones is 1. The Bertz CT molecular complexity index is 845. The van der Waals surface area contributed by atoms with Gasteiger partial charge in [0.15, 0.2) is 0 Å². The molecule has 0 heterocycles. The molecule has 0 saturated heterocycles. The number of aliphatic hydroxyl groups is 2. The normalized spacial score (nSPS) is 52.9. The molecule has 3 heteroatoms. The van der Waals surface area contributed by atoms with Gasteiger partial charge in [0.05, 0.1) is 6.61 Å². The van der Waals surface area contributed by atoms with Gasteiger partial charge in [-0.05, 0) is 115 Å². The van der Waals surface area contributed by atoms with E-state index in [1.165, 1.54) is 32.1 Å². The van der Waals surface area contributed by atoms with Crippen LogP contribution in [0, 0.1) is 56.7 Å². The predicted octanol–water partition coefficient (Wildman–Crippen LogP) is 6.18. The average molecular weight is 457 g/mol. The van der Waals surface area contributed by atoms with Crippen molar-refractivity contribution in [2.24, 2.45) is 56.7 Å². The van der Waals surface area contributed by atoms with Crippen molar-refractivity contribution in [3.05, 3.63) is 12.2 Å². The molecule has 5 saturated carbocycles. The molecule has 0 spiro atoms. The first-order valence-electron chi connectivity index (χ1n) is 13.8. The van der Waals surface area contributed by atoms with E-state index >= 15 is 0 Å². The maximum atomic E-state index is 12.9. The van der Waals surface area contributed by atoms with Crippen LogP contribution in [0.1, 0.15) is 98.8 Å². The highest BCUT2D eigenvalue weighted by Crippen LogP contribution is 2.77. The fourth-order valence-electron chi connectivity index (χ4n) is 11.4. The Hall–Kier alpha value is -0.670. The van der Waals surface area contributed by atoms with Crippen LogP contribution in [0.3, 0.4) is 0 Å². The van der Waals surface area contributed by atoms with Crippen molar-refractivity contribution in [1.29, 1.82) is 0 Å². The zero-order chi connectivity index (χ0) is 24.0. The van der Waals surface area contributed by atoms with Crippen molar-refractivity contribution in [3.63, 3.8) is 0 Å². The van der Waals surface area contributed by atoms with Crippen molar-refractivity contribution in [1.82, 2.24) is 0 Å². The molecule has 0 aromatic rings. The van der Waals surface area contributed by atoms with Crippen LogP contribution >= 0.6 is 0 Å². The van der Waals surface area contributed by atoms with E-state index in [1.54, 1.807) is 0 Å². The molecule has 5 aliphatic rings. The highest BCUT2D eigenvalue weighted by Gasteiger charge is 2.70. The van der Waals surface area contributed by atoms with Gasteiger partial charge in [0.25, 0.3) is 0 Å². The molecule has 0 radical (unpaired) electrons. The summed E-state index contributed by atoms with van der Waals surface area (Å²) in [5.41, 5.74) is 1.59. The number of aliphatic hydroxyl groups excluding tert-OH is 2. The Morgan fingerprint density at radius 1 is 0.879 bits per heavy atom. The molecule has 186 valence electrons. The highest BCUT2D eigenvalue weighted by molar-refractivity contribution is 5.85. The maximum absolute atomic E-state index is 12.9. The molecule has 9 unspecified atom stereocenters. The summed E-state index contributed by atoms with van der Waals surface area (Å²) in [5.74, 6) is 3.04. The zero-order valence-corrected chi connectivity index (χ0v) is 21.9. The molecule has 0 bridgehead atoms. The molecule has 9 atom stereocenters. The predicted molar refractivity (Wildman–Crippen MR) is 132 cm³/mol. The third kappa shape index (κ3) is 2.85. The van der Waals surface area contributed by atoms with Crippen LogP contribution in [0.5, 0.6) is 0 Å². The minimum Gasteiger partial charge on any atom is -0.396 e. The van der Waals surface area contributed by atoms with E-state index in [4.69, 9.17) is 0 Å². The van der Waals surface area contributed by atoms with Gasteiger partial charge in [-0.3, -0.25) is 4.79 Å². The van der Waals surface area contributed by atoms with Crippen LogP contribution < -0.4 is 0 Å². The van der Waals surface area contributed by atoms with Crippen LogP contribution in [0.4, 0.5) is 0 Å². The van der Waals surface area contributed by atoms with Crippen molar-refractivity contribution in [2.45, 2.75) is 98.8 Å². The van der Waals surface area contributed by atoms with Crippen LogP contribution in [0.15, 0.2) is 12.2 Å². The molecule has 0 amide bonds. The van der Waals surface area contributed by atoms with Gasteiger partial charge >= 0.3 is 0 Å². The summed E-state index contributed by atoms with van der Waals surface area (Å²) < 4.78 is 0. The number of hydrogen-bond acceptors (Lipinski definition) is 3. The molecule has 0 aromatic carbocycles. The standard InChI is InChI=1S/C30H48O3/c1-19(17-31)20-9-14-30(18-32)16-15-28(5)21(25(20)30)7-8-23-27(4)12-11-24(33)26(2,3)22(27)10-13-29(23,28)6/h20-23,25,31-32H,1,7-18H2,2-6H3. The van der Waals surface area contributed by atoms with Crippen LogP contribution in [0.25, 0.3) is 0 Å². The molecule has 33 heavy (non-hydrogen) atoms. The molecule has 3 nitrogen and oxygen atoms in total. The lowest BCUT2D eigenvalue weighted by Crippen LogP contribution is -2.66. The zero-order valence-electron chi connectivity index (χ0n) is 21.9. The van der Waals surface area contributed by atoms with E-state index in [0.717, 1.165) is 37.7 Å². The smallest absolute Gasteiger partial charge is 0.138 e. The van der Waals surface area contributed by atoms with Crippen LogP contribution in [-0.2, 0) is 4.79 Å². The molecule has 5 aliphatic carbocycles. The summed E-state index contributed by atoms with van der Waals surface area (Å²) in [5, 5.41) is 20.6. The second-order valence-corrected chi connectivity index (χ2v) is 14.3. The molecule has 5 rings (SSSR count). The molecule has 2 N–H and O–H groups in total. The third-order valence-electron chi connectivity index (χ3n) is 13.4. The fraction of sp³-hybridized carbons (Fsp3) is 0.900. The van der Waals surface area contributed by atoms with Gasteiger partial charge in [0, 0.05) is 18.4 Å². The van der Waals surface area contributed by atoms with Gasteiger partial charge in [-0.25, -0.2) is 0 Å². The van der Waals surface area contributed by atoms with Crippen molar-refractivity contribution < 1.29 is 15.0 Å². The van der Waals surface area contributed by atoms with Gasteiger partial charge in [0.2, 0.25) is 0 Å². The molecule has 0 aromatic heterocycles. The second-order valence-electron chi connectivity index (χ2n) is 14.3. The average Bonchev–Trinajstić information content (AvgIpc) is 3.17. The summed E-state index contributed by atoms with van der Waals surface area (Å²) in [6.07, 6.45) is 11.2. The van der Waals surface area contributed by atoms with E-state index in [9.17, 15) is 15.0 Å². The SMILES string of the molecule is C=C(CO)C1CCC2(CO)CCC3(C)C(CCC4C5(C)CCC(=O)C(C)(C)C5CCC43C)C12. The van der Waals surface area contributed by atoms with E-state index in [0.29, 0.717) is 35.4 Å². The topological polar surface area (TPSA) is 57.5 Å². The van der Waals surface area contributed by atoms with E-state index < -0.39 is 0 Å². The van der Waals surface area contributed by atoms with Gasteiger partial charge < -0.3 is 10.2 Å². The number of fused-ring (bicyclic) bond motifs is 7. The van der Waals surface area contributed by atoms with Gasteiger partial charge in [-0.2, -0.15) is 0 Å². The van der Waals surface area contributed by atoms with Crippen LogP contribution in [0.2, 0.25) is 0 Å². The van der Waals surface area contributed by atoms with Crippen molar-refractivity contribution in [3.8, 4) is 0 Å². The number of rotatable bonds is 3. The monoisotopic (exact) mass is 456 g/mol. The lowest BCUT2D eigenvalue weighted by Gasteiger charge is -2.72. The van der Waals surface area contributed by atoms with E-state index in [-0.39, 0.29) is 40.3 Å². The minimum absolute atomic E-state index is 0.0243. The maximum Gasteiger partial charge on any atom is 0.138 e. The second kappa shape index (κ2) is 7.42. The minimum atomic E-state index is -0.194. The summed E-state index contributed by atoms with van der Waals surface area (Å²) in [7, 11) is 0. The molecule has 5 fully saturated rings.